The van der Waals surface area contributed by atoms with Crippen LogP contribution in [0.25, 0.3) is 0 Å². The van der Waals surface area contributed by atoms with E-state index < -0.39 is 0 Å². The average Bonchev–Trinajstić information content (AvgIpc) is 3.24. The van der Waals surface area contributed by atoms with Gasteiger partial charge in [0.25, 0.3) is 5.91 Å². The van der Waals surface area contributed by atoms with Crippen LogP contribution in [-0.4, -0.2) is 66.8 Å². The Morgan fingerprint density at radius 1 is 1.17 bits per heavy atom. The van der Waals surface area contributed by atoms with E-state index in [9.17, 15) is 9.90 Å². The van der Waals surface area contributed by atoms with Crippen molar-refractivity contribution < 1.29 is 14.6 Å². The van der Waals surface area contributed by atoms with Crippen molar-refractivity contribution in [2.45, 2.75) is 12.8 Å². The number of carbonyl (C=O) groups is 1. The first-order valence-corrected chi connectivity index (χ1v) is 9.03. The van der Waals surface area contributed by atoms with Crippen molar-refractivity contribution >= 4 is 17.5 Å². The van der Waals surface area contributed by atoms with Crippen molar-refractivity contribution in [2.75, 3.05) is 45.9 Å². The predicted octanol–water partition coefficient (Wildman–Crippen LogP) is 1.88. The number of halogens is 1. The molecule has 3 rings (SSSR count). The van der Waals surface area contributed by atoms with E-state index in [1.165, 1.54) is 12.8 Å². The largest absolute Gasteiger partial charge is 0.484 e. The first-order valence-electron chi connectivity index (χ1n) is 8.65. The molecule has 1 N–H and O–H groups in total. The smallest absolute Gasteiger partial charge is 0.260 e. The predicted molar refractivity (Wildman–Crippen MR) is 93.3 cm³/mol. The molecule has 24 heavy (non-hydrogen) atoms. The number of likely N-dealkylation sites (tertiary alicyclic amines) is 2. The third-order valence-electron chi connectivity index (χ3n) is 5.03. The zero-order valence-electron chi connectivity index (χ0n) is 13.9. The third-order valence-corrected chi connectivity index (χ3v) is 5.28. The summed E-state index contributed by atoms with van der Waals surface area (Å²) < 4.78 is 5.55. The van der Waals surface area contributed by atoms with Crippen LogP contribution in [0.2, 0.25) is 5.02 Å². The lowest BCUT2D eigenvalue weighted by atomic mass is 9.96. The number of benzene rings is 1. The third kappa shape index (κ3) is 4.41. The molecule has 2 atom stereocenters. The van der Waals surface area contributed by atoms with E-state index >= 15 is 0 Å². The van der Waals surface area contributed by atoms with E-state index in [1.54, 1.807) is 24.3 Å². The molecule has 2 aliphatic rings. The Hall–Kier alpha value is -1.30. The Labute approximate surface area is 148 Å². The fourth-order valence-corrected chi connectivity index (χ4v) is 3.75. The summed E-state index contributed by atoms with van der Waals surface area (Å²) in [5.74, 6) is 1.14. The van der Waals surface area contributed by atoms with Crippen molar-refractivity contribution in [3.8, 4) is 5.75 Å². The number of rotatable bonds is 6. The summed E-state index contributed by atoms with van der Waals surface area (Å²) in [5.41, 5.74) is 0. The van der Waals surface area contributed by atoms with Crippen molar-refractivity contribution in [3.05, 3.63) is 29.3 Å². The summed E-state index contributed by atoms with van der Waals surface area (Å²) in [7, 11) is 0. The van der Waals surface area contributed by atoms with Gasteiger partial charge in [0.05, 0.1) is 0 Å². The number of amides is 1. The van der Waals surface area contributed by atoms with Gasteiger partial charge in [0.1, 0.15) is 5.75 Å². The maximum atomic E-state index is 12.4. The number of hydrogen-bond acceptors (Lipinski definition) is 4. The van der Waals surface area contributed by atoms with Crippen LogP contribution >= 0.6 is 11.6 Å². The van der Waals surface area contributed by atoms with Crippen molar-refractivity contribution in [3.63, 3.8) is 0 Å². The van der Waals surface area contributed by atoms with Crippen molar-refractivity contribution in [1.82, 2.24) is 9.80 Å². The van der Waals surface area contributed by atoms with Gasteiger partial charge in [-0.2, -0.15) is 0 Å². The van der Waals surface area contributed by atoms with Gasteiger partial charge in [0, 0.05) is 37.2 Å². The van der Waals surface area contributed by atoms with Gasteiger partial charge in [-0.3, -0.25) is 4.79 Å². The van der Waals surface area contributed by atoms with E-state index in [-0.39, 0.29) is 25.0 Å². The van der Waals surface area contributed by atoms with Gasteiger partial charge in [-0.15, -0.1) is 0 Å². The molecule has 0 saturated carbocycles. The van der Waals surface area contributed by atoms with Gasteiger partial charge in [0.2, 0.25) is 0 Å². The van der Waals surface area contributed by atoms with Crippen molar-refractivity contribution in [1.29, 1.82) is 0 Å². The molecular formula is C18H25ClN2O3. The molecule has 1 amide bonds. The number of aliphatic hydroxyl groups excluding tert-OH is 1. The second kappa shape index (κ2) is 8.19. The number of aliphatic hydroxyl groups is 1. The van der Waals surface area contributed by atoms with Crippen LogP contribution in [0.4, 0.5) is 0 Å². The number of ether oxygens (including phenoxy) is 1. The Balaban J connectivity index is 1.50. The number of nitrogens with zero attached hydrogens (tertiary/aromatic N) is 2. The molecule has 2 fully saturated rings. The summed E-state index contributed by atoms with van der Waals surface area (Å²) in [6, 6.07) is 6.99. The van der Waals surface area contributed by atoms with Gasteiger partial charge in [-0.1, -0.05) is 11.6 Å². The molecule has 1 aromatic rings. The second-order valence-electron chi connectivity index (χ2n) is 6.75. The molecule has 0 radical (unpaired) electrons. The van der Waals surface area contributed by atoms with Crippen LogP contribution in [0.15, 0.2) is 24.3 Å². The highest BCUT2D eigenvalue weighted by molar-refractivity contribution is 6.30. The second-order valence-corrected chi connectivity index (χ2v) is 7.19. The molecular weight excluding hydrogens is 328 g/mol. The fraction of sp³-hybridized carbons (Fsp3) is 0.611. The normalized spacial score (nSPS) is 24.5. The van der Waals surface area contributed by atoms with Crippen LogP contribution in [0.3, 0.4) is 0 Å². The summed E-state index contributed by atoms with van der Waals surface area (Å²) in [5, 5.41) is 10.3. The first-order chi connectivity index (χ1) is 11.7. The minimum absolute atomic E-state index is 0.0210. The van der Waals surface area contributed by atoms with Crippen LogP contribution < -0.4 is 4.74 Å². The van der Waals surface area contributed by atoms with E-state index in [0.717, 1.165) is 19.6 Å². The lowest BCUT2D eigenvalue weighted by molar-refractivity contribution is -0.132. The molecule has 0 aliphatic carbocycles. The maximum absolute atomic E-state index is 12.4. The molecule has 2 saturated heterocycles. The van der Waals surface area contributed by atoms with E-state index in [2.05, 4.69) is 4.90 Å². The lowest BCUT2D eigenvalue weighted by Crippen LogP contribution is -2.34. The maximum Gasteiger partial charge on any atom is 0.260 e. The molecule has 0 unspecified atom stereocenters. The molecule has 5 nitrogen and oxygen atoms in total. The molecule has 132 valence electrons. The highest BCUT2D eigenvalue weighted by atomic mass is 35.5. The first kappa shape index (κ1) is 17.5. The van der Waals surface area contributed by atoms with Crippen LogP contribution in [0.1, 0.15) is 12.8 Å². The highest BCUT2D eigenvalue weighted by Gasteiger charge is 2.36. The SMILES string of the molecule is O=C(COc1ccc(Cl)cc1)N1C[C@@H](CO)[C@@H](CN2CCCC2)C1. The monoisotopic (exact) mass is 352 g/mol. The zero-order chi connectivity index (χ0) is 16.9. The van der Waals surface area contributed by atoms with Gasteiger partial charge in [0.15, 0.2) is 6.61 Å². The van der Waals surface area contributed by atoms with Crippen LogP contribution in [0, 0.1) is 11.8 Å². The summed E-state index contributed by atoms with van der Waals surface area (Å²) in [4.78, 5) is 16.7. The standard InChI is InChI=1S/C18H25ClN2O3/c19-16-3-5-17(6-4-16)24-13-18(23)21-10-14(15(11-21)12-22)9-20-7-1-2-8-20/h3-6,14-15,22H,1-2,7-13H2/t14-,15-/m0/s1. The summed E-state index contributed by atoms with van der Waals surface area (Å²) >= 11 is 5.84. The molecule has 6 heteroatoms. The van der Waals surface area contributed by atoms with Gasteiger partial charge >= 0.3 is 0 Å². The Bertz CT molecular complexity index is 546. The van der Waals surface area contributed by atoms with Crippen molar-refractivity contribution in [2.24, 2.45) is 11.8 Å². The van der Waals surface area contributed by atoms with Gasteiger partial charge in [-0.25, -0.2) is 0 Å². The molecule has 1 aromatic carbocycles. The van der Waals surface area contributed by atoms with Crippen LogP contribution in [-0.2, 0) is 4.79 Å². The fourth-order valence-electron chi connectivity index (χ4n) is 3.62. The minimum Gasteiger partial charge on any atom is -0.484 e. The Kier molecular flexibility index (Phi) is 5.98. The Morgan fingerprint density at radius 2 is 1.83 bits per heavy atom. The average molecular weight is 353 g/mol. The van der Waals surface area contributed by atoms with E-state index in [0.29, 0.717) is 29.8 Å². The van der Waals surface area contributed by atoms with Crippen LogP contribution in [0.5, 0.6) is 5.75 Å². The summed E-state index contributed by atoms with van der Waals surface area (Å²) in [6.07, 6.45) is 2.52. The van der Waals surface area contributed by atoms with Gasteiger partial charge in [-0.05, 0) is 56.1 Å². The molecule has 0 spiro atoms. The summed E-state index contributed by atoms with van der Waals surface area (Å²) in [6.45, 7) is 4.76. The van der Waals surface area contributed by atoms with Gasteiger partial charge < -0.3 is 19.6 Å². The van der Waals surface area contributed by atoms with E-state index in [4.69, 9.17) is 16.3 Å². The lowest BCUT2D eigenvalue weighted by Gasteiger charge is -2.22. The minimum atomic E-state index is -0.0210. The molecule has 0 aromatic heterocycles. The highest BCUT2D eigenvalue weighted by Crippen LogP contribution is 2.26. The molecule has 0 bridgehead atoms. The Morgan fingerprint density at radius 3 is 2.50 bits per heavy atom. The topological polar surface area (TPSA) is 53.0 Å². The van der Waals surface area contributed by atoms with E-state index in [1.807, 2.05) is 4.90 Å². The number of carbonyl (C=O) groups excluding carboxylic acids is 1. The quantitative estimate of drug-likeness (QED) is 0.849. The zero-order valence-corrected chi connectivity index (χ0v) is 14.6. The molecule has 2 aliphatic heterocycles. The molecule has 2 heterocycles. The number of hydrogen-bond donors (Lipinski definition) is 1.